The quantitative estimate of drug-likeness (QED) is 0.598. The third-order valence-electron chi connectivity index (χ3n) is 2.63. The van der Waals surface area contributed by atoms with Gasteiger partial charge in [0.2, 0.25) is 0 Å². The molecule has 0 fully saturated rings. The molecule has 2 aromatic rings. The Morgan fingerprint density at radius 3 is 3.36 bits per heavy atom. The van der Waals surface area contributed by atoms with E-state index in [1.165, 1.54) is 0 Å². The first kappa shape index (κ1) is 7.75. The van der Waals surface area contributed by atoms with Gasteiger partial charge in [0.15, 0.2) is 0 Å². The Hall–Kier alpha value is -1.62. The summed E-state index contributed by atoms with van der Waals surface area (Å²) in [6, 6.07) is 0. The number of H-pyrrole nitrogens is 1. The summed E-state index contributed by atoms with van der Waals surface area (Å²) in [5.41, 5.74) is 2.69. The Morgan fingerprint density at radius 2 is 2.43 bits per heavy atom. The van der Waals surface area contributed by atoms with Crippen LogP contribution in [-0.2, 0) is 13.0 Å². The van der Waals surface area contributed by atoms with Gasteiger partial charge in [0.25, 0.3) is 5.56 Å². The Labute approximate surface area is 79.8 Å². The molecule has 0 amide bonds. The highest BCUT2D eigenvalue weighted by Crippen LogP contribution is 2.10. The average Bonchev–Trinajstić information content (AvgIpc) is 2.66. The second kappa shape index (κ2) is 2.68. The summed E-state index contributed by atoms with van der Waals surface area (Å²) in [6.07, 6.45) is 4.30. The Bertz CT molecular complexity index is 539. The van der Waals surface area contributed by atoms with Crippen LogP contribution in [0.2, 0.25) is 0 Å². The lowest BCUT2D eigenvalue weighted by molar-refractivity contribution is 0.615. The molecule has 0 atom stereocenters. The highest BCUT2D eigenvalue weighted by molar-refractivity contribution is 5.39. The van der Waals surface area contributed by atoms with Gasteiger partial charge in [-0.1, -0.05) is 0 Å². The Kier molecular flexibility index (Phi) is 1.49. The number of nitrogens with zero attached hydrogens (tertiary/aromatic N) is 2. The molecule has 1 aliphatic heterocycles. The van der Waals surface area contributed by atoms with Gasteiger partial charge in [-0.2, -0.15) is 0 Å². The molecule has 0 saturated carbocycles. The minimum atomic E-state index is 0.000185. The molecule has 0 bridgehead atoms. The van der Waals surface area contributed by atoms with Crippen molar-refractivity contribution in [3.8, 4) is 0 Å². The first-order chi connectivity index (χ1) is 6.86. The van der Waals surface area contributed by atoms with Gasteiger partial charge in [-0.05, 0) is 0 Å². The van der Waals surface area contributed by atoms with Crippen molar-refractivity contribution in [2.24, 2.45) is 0 Å². The highest BCUT2D eigenvalue weighted by atomic mass is 16.1. The van der Waals surface area contributed by atoms with E-state index in [4.69, 9.17) is 0 Å². The van der Waals surface area contributed by atoms with E-state index in [1.807, 2.05) is 4.40 Å². The number of fused-ring (bicyclic) bond motifs is 3. The zero-order valence-corrected chi connectivity index (χ0v) is 7.58. The maximum Gasteiger partial charge on any atom is 0.255 e. The lowest BCUT2D eigenvalue weighted by Gasteiger charge is -2.17. The summed E-state index contributed by atoms with van der Waals surface area (Å²) >= 11 is 0. The van der Waals surface area contributed by atoms with Crippen LogP contribution < -0.4 is 10.9 Å². The number of hydrogen-bond acceptors (Lipinski definition) is 3. The second-order valence-corrected chi connectivity index (χ2v) is 3.46. The van der Waals surface area contributed by atoms with Gasteiger partial charge in [-0.25, -0.2) is 4.98 Å². The van der Waals surface area contributed by atoms with Crippen molar-refractivity contribution in [2.45, 2.75) is 13.0 Å². The topological polar surface area (TPSA) is 62.2 Å². The molecule has 72 valence electrons. The first-order valence-corrected chi connectivity index (χ1v) is 4.63. The summed E-state index contributed by atoms with van der Waals surface area (Å²) in [4.78, 5) is 18.5. The number of imidazole rings is 1. The average molecular weight is 190 g/mol. The number of aromatic nitrogens is 3. The fourth-order valence-corrected chi connectivity index (χ4v) is 1.94. The summed E-state index contributed by atoms with van der Waals surface area (Å²) in [5, 5.41) is 3.18. The molecule has 0 radical (unpaired) electrons. The fraction of sp³-hybridized carbons (Fsp3) is 0.333. The maximum absolute atomic E-state index is 11.6. The molecule has 0 unspecified atom stereocenters. The number of hydrogen-bond donors (Lipinski definition) is 2. The van der Waals surface area contributed by atoms with E-state index >= 15 is 0 Å². The van der Waals surface area contributed by atoms with Crippen LogP contribution in [0.3, 0.4) is 0 Å². The van der Waals surface area contributed by atoms with E-state index in [9.17, 15) is 4.79 Å². The van der Waals surface area contributed by atoms with Gasteiger partial charge in [0.05, 0.1) is 11.8 Å². The maximum atomic E-state index is 11.6. The van der Waals surface area contributed by atoms with Gasteiger partial charge < -0.3 is 10.3 Å². The third kappa shape index (κ3) is 0.927. The van der Waals surface area contributed by atoms with Crippen LogP contribution in [0.5, 0.6) is 0 Å². The van der Waals surface area contributed by atoms with Crippen LogP contribution in [0.4, 0.5) is 0 Å². The molecular weight excluding hydrogens is 180 g/mol. The van der Waals surface area contributed by atoms with Crippen molar-refractivity contribution < 1.29 is 0 Å². The summed E-state index contributed by atoms with van der Waals surface area (Å²) in [5.74, 6) is 0. The normalized spacial score (nSPS) is 15.7. The minimum absolute atomic E-state index is 0.000185. The summed E-state index contributed by atoms with van der Waals surface area (Å²) in [6.45, 7) is 1.57. The van der Waals surface area contributed by atoms with Gasteiger partial charge in [0, 0.05) is 25.2 Å². The molecule has 0 spiro atoms. The van der Waals surface area contributed by atoms with Gasteiger partial charge in [0.1, 0.15) is 12.0 Å². The van der Waals surface area contributed by atoms with Crippen LogP contribution in [-0.4, -0.2) is 20.9 Å². The van der Waals surface area contributed by atoms with Crippen LogP contribution in [0.15, 0.2) is 17.3 Å². The molecule has 0 aliphatic carbocycles. The fourth-order valence-electron chi connectivity index (χ4n) is 1.94. The molecule has 5 heteroatoms. The van der Waals surface area contributed by atoms with Crippen molar-refractivity contribution in [1.82, 2.24) is 19.7 Å². The van der Waals surface area contributed by atoms with Crippen molar-refractivity contribution in [3.05, 3.63) is 34.1 Å². The van der Waals surface area contributed by atoms with Crippen molar-refractivity contribution in [2.75, 3.05) is 6.54 Å². The summed E-state index contributed by atoms with van der Waals surface area (Å²) in [7, 11) is 0. The Balaban J connectivity index is 2.45. The number of rotatable bonds is 0. The number of aromatic amines is 1. The second-order valence-electron chi connectivity index (χ2n) is 3.46. The SMILES string of the molecule is O=c1[nH]c2cncn2c2c1CNCC2. The van der Waals surface area contributed by atoms with Crippen molar-refractivity contribution >= 4 is 5.65 Å². The van der Waals surface area contributed by atoms with Crippen molar-refractivity contribution in [1.29, 1.82) is 0 Å². The van der Waals surface area contributed by atoms with E-state index in [0.717, 1.165) is 29.9 Å². The molecule has 5 nitrogen and oxygen atoms in total. The molecule has 1 aliphatic rings. The van der Waals surface area contributed by atoms with Gasteiger partial charge in [-0.15, -0.1) is 0 Å². The number of nitrogens with one attached hydrogen (secondary N) is 2. The predicted octanol–water partition coefficient (Wildman–Crippen LogP) is -0.332. The first-order valence-electron chi connectivity index (χ1n) is 4.63. The highest BCUT2D eigenvalue weighted by Gasteiger charge is 2.15. The lowest BCUT2D eigenvalue weighted by Crippen LogP contribution is -2.32. The monoisotopic (exact) mass is 190 g/mol. The molecular formula is C9H10N4O. The zero-order chi connectivity index (χ0) is 9.54. The molecule has 3 heterocycles. The largest absolute Gasteiger partial charge is 0.312 e. The van der Waals surface area contributed by atoms with E-state index in [2.05, 4.69) is 15.3 Å². The van der Waals surface area contributed by atoms with E-state index < -0.39 is 0 Å². The molecule has 3 rings (SSSR count). The molecule has 2 aromatic heterocycles. The molecule has 14 heavy (non-hydrogen) atoms. The van der Waals surface area contributed by atoms with Gasteiger partial charge in [-0.3, -0.25) is 9.20 Å². The predicted molar refractivity (Wildman–Crippen MR) is 51.2 cm³/mol. The Morgan fingerprint density at radius 1 is 1.50 bits per heavy atom. The van der Waals surface area contributed by atoms with Crippen LogP contribution in [0, 0.1) is 0 Å². The lowest BCUT2D eigenvalue weighted by atomic mass is 10.1. The standard InChI is InChI=1S/C9H10N4O/c14-9-6-3-10-2-1-7(6)13-5-11-4-8(13)12-9/h4-5,10H,1-3H2,(H,12,14). The van der Waals surface area contributed by atoms with Crippen LogP contribution >= 0.6 is 0 Å². The van der Waals surface area contributed by atoms with Crippen LogP contribution in [0.25, 0.3) is 5.65 Å². The third-order valence-corrected chi connectivity index (χ3v) is 2.63. The van der Waals surface area contributed by atoms with E-state index in [0.29, 0.717) is 6.54 Å². The van der Waals surface area contributed by atoms with Crippen molar-refractivity contribution in [3.63, 3.8) is 0 Å². The molecule has 0 aromatic carbocycles. The smallest absolute Gasteiger partial charge is 0.255 e. The van der Waals surface area contributed by atoms with E-state index in [-0.39, 0.29) is 5.56 Å². The minimum Gasteiger partial charge on any atom is -0.312 e. The molecule has 0 saturated heterocycles. The van der Waals surface area contributed by atoms with E-state index in [1.54, 1.807) is 12.5 Å². The molecule has 2 N–H and O–H groups in total. The summed E-state index contributed by atoms with van der Waals surface area (Å²) < 4.78 is 1.96. The van der Waals surface area contributed by atoms with Gasteiger partial charge >= 0.3 is 0 Å². The zero-order valence-electron chi connectivity index (χ0n) is 7.58. The van der Waals surface area contributed by atoms with Crippen LogP contribution in [0.1, 0.15) is 11.3 Å².